The molecule has 0 bridgehead atoms. The molecule has 0 spiro atoms. The topological polar surface area (TPSA) is 142 Å². The number of nitrogens with zero attached hydrogens (tertiary/aromatic N) is 2. The Hall–Kier alpha value is -1.75. The molecule has 0 unspecified atom stereocenters. The zero-order valence-corrected chi connectivity index (χ0v) is 10.6. The van der Waals surface area contributed by atoms with Crippen LogP contribution in [0.5, 0.6) is 0 Å². The molecule has 2 heterocycles. The fourth-order valence-corrected chi connectivity index (χ4v) is 1.76. The van der Waals surface area contributed by atoms with E-state index in [2.05, 4.69) is 15.0 Å². The van der Waals surface area contributed by atoms with Crippen molar-refractivity contribution in [3.05, 3.63) is 15.1 Å². The predicted molar refractivity (Wildman–Crippen MR) is 69.0 cm³/mol. The smallest absolute Gasteiger partial charge is 0.278 e. The number of aromatic amines is 2. The summed E-state index contributed by atoms with van der Waals surface area (Å²) in [6.07, 6.45) is -0.730. The molecule has 0 atom stereocenters. The molecule has 0 aromatic carbocycles. The lowest BCUT2D eigenvalue weighted by Crippen LogP contribution is -2.23. The van der Waals surface area contributed by atoms with E-state index in [1.807, 2.05) is 0 Å². The van der Waals surface area contributed by atoms with Crippen LogP contribution in [0, 0.1) is 4.77 Å². The van der Waals surface area contributed by atoms with Gasteiger partial charge in [-0.1, -0.05) is 0 Å². The van der Waals surface area contributed by atoms with Gasteiger partial charge in [0.15, 0.2) is 15.9 Å². The maximum Gasteiger partial charge on any atom is 0.278 e. The van der Waals surface area contributed by atoms with E-state index in [0.717, 1.165) is 0 Å². The number of anilines is 1. The number of aromatic nitrogens is 4. The molecule has 104 valence electrons. The normalized spacial score (nSPS) is 11.5. The van der Waals surface area contributed by atoms with Crippen molar-refractivity contribution in [2.24, 2.45) is 0 Å². The maximum atomic E-state index is 11.6. The number of nitrogens with two attached hydrogens (primary N) is 1. The SMILES string of the molecule is Nc1nc2c([nH]c(=S)n2COC(CO)CO)c(=O)[nH]1. The molecular formula is C9H13N5O4S. The van der Waals surface area contributed by atoms with Gasteiger partial charge in [0.05, 0.1) is 13.2 Å². The highest BCUT2D eigenvalue weighted by atomic mass is 32.1. The lowest BCUT2D eigenvalue weighted by molar-refractivity contribution is -0.0492. The lowest BCUT2D eigenvalue weighted by Gasteiger charge is -2.12. The summed E-state index contributed by atoms with van der Waals surface area (Å²) in [4.78, 5) is 20.6. The molecule has 2 rings (SSSR count). The molecule has 10 heteroatoms. The van der Waals surface area contributed by atoms with Crippen LogP contribution >= 0.6 is 12.2 Å². The molecular weight excluding hydrogens is 274 g/mol. The standard InChI is InChI=1S/C9H13N5O4S/c10-8-12-6-5(7(17)13-8)11-9(19)14(6)3-18-4(1-15)2-16/h4,15-16H,1-3H2,(H,11,19)(H3,10,12,13,17). The van der Waals surface area contributed by atoms with Gasteiger partial charge in [-0.05, 0) is 12.2 Å². The van der Waals surface area contributed by atoms with Crippen molar-refractivity contribution in [2.75, 3.05) is 18.9 Å². The number of hydrogen-bond donors (Lipinski definition) is 5. The zero-order valence-electron chi connectivity index (χ0n) is 9.79. The fraction of sp³-hybridized carbons (Fsp3) is 0.444. The molecule has 2 aromatic heterocycles. The minimum atomic E-state index is -0.730. The minimum absolute atomic E-state index is 0.0406. The largest absolute Gasteiger partial charge is 0.394 e. The predicted octanol–water partition coefficient (Wildman–Crippen LogP) is -1.31. The summed E-state index contributed by atoms with van der Waals surface area (Å²) in [5, 5.41) is 17.8. The van der Waals surface area contributed by atoms with Crippen LogP contribution in [-0.4, -0.2) is 49.0 Å². The Labute approximate surface area is 111 Å². The Morgan fingerprint density at radius 3 is 2.74 bits per heavy atom. The van der Waals surface area contributed by atoms with Crippen LogP contribution < -0.4 is 11.3 Å². The van der Waals surface area contributed by atoms with Crippen molar-refractivity contribution >= 4 is 29.3 Å². The van der Waals surface area contributed by atoms with E-state index in [-0.39, 0.29) is 41.8 Å². The van der Waals surface area contributed by atoms with E-state index in [1.165, 1.54) is 4.57 Å². The Kier molecular flexibility index (Phi) is 3.95. The van der Waals surface area contributed by atoms with Gasteiger partial charge < -0.3 is 25.7 Å². The van der Waals surface area contributed by atoms with Gasteiger partial charge in [-0.25, -0.2) is 0 Å². The van der Waals surface area contributed by atoms with Crippen LogP contribution in [0.1, 0.15) is 0 Å². The van der Waals surface area contributed by atoms with Crippen molar-refractivity contribution in [3.8, 4) is 0 Å². The molecule has 0 radical (unpaired) electrons. The number of aliphatic hydroxyl groups excluding tert-OH is 2. The Morgan fingerprint density at radius 2 is 2.11 bits per heavy atom. The van der Waals surface area contributed by atoms with Gasteiger partial charge in [0.25, 0.3) is 5.56 Å². The first-order chi connectivity index (χ1) is 9.06. The molecule has 0 amide bonds. The first-order valence-corrected chi connectivity index (χ1v) is 5.79. The molecule has 0 aliphatic rings. The molecule has 0 saturated carbocycles. The second-order valence-electron chi connectivity index (χ2n) is 3.79. The van der Waals surface area contributed by atoms with Crippen LogP contribution in [0.4, 0.5) is 5.95 Å². The molecule has 0 fully saturated rings. The second-order valence-corrected chi connectivity index (χ2v) is 4.18. The second kappa shape index (κ2) is 5.48. The van der Waals surface area contributed by atoms with Gasteiger partial charge in [0, 0.05) is 0 Å². The highest BCUT2D eigenvalue weighted by Crippen LogP contribution is 2.09. The molecule has 0 aliphatic heterocycles. The van der Waals surface area contributed by atoms with E-state index >= 15 is 0 Å². The number of aliphatic hydroxyl groups is 2. The summed E-state index contributed by atoms with van der Waals surface area (Å²) >= 11 is 5.05. The minimum Gasteiger partial charge on any atom is -0.394 e. The number of hydrogen-bond acceptors (Lipinski definition) is 7. The van der Waals surface area contributed by atoms with Crippen LogP contribution in [0.25, 0.3) is 11.2 Å². The van der Waals surface area contributed by atoms with Gasteiger partial charge >= 0.3 is 0 Å². The van der Waals surface area contributed by atoms with Crippen molar-refractivity contribution in [3.63, 3.8) is 0 Å². The van der Waals surface area contributed by atoms with E-state index in [4.69, 9.17) is 32.9 Å². The summed E-state index contributed by atoms with van der Waals surface area (Å²) in [6, 6.07) is 0. The third-order valence-electron chi connectivity index (χ3n) is 2.50. The van der Waals surface area contributed by atoms with Gasteiger partial charge in [0.2, 0.25) is 5.95 Å². The average Bonchev–Trinajstić information content (AvgIpc) is 2.68. The highest BCUT2D eigenvalue weighted by molar-refractivity contribution is 7.71. The third-order valence-corrected chi connectivity index (χ3v) is 2.82. The molecule has 0 aliphatic carbocycles. The van der Waals surface area contributed by atoms with E-state index in [0.29, 0.717) is 0 Å². The third kappa shape index (κ3) is 2.66. The quantitative estimate of drug-likeness (QED) is 0.430. The molecule has 9 nitrogen and oxygen atoms in total. The summed E-state index contributed by atoms with van der Waals surface area (Å²) in [6.45, 7) is -0.731. The average molecular weight is 287 g/mol. The van der Waals surface area contributed by atoms with E-state index < -0.39 is 11.7 Å². The van der Waals surface area contributed by atoms with Crippen LogP contribution in [-0.2, 0) is 11.5 Å². The first kappa shape index (κ1) is 13.7. The number of nitrogen functional groups attached to an aromatic ring is 1. The summed E-state index contributed by atoms with van der Waals surface area (Å²) in [5.41, 5.74) is 5.46. The van der Waals surface area contributed by atoms with E-state index in [1.54, 1.807) is 0 Å². The molecule has 19 heavy (non-hydrogen) atoms. The number of rotatable bonds is 5. The Morgan fingerprint density at radius 1 is 1.42 bits per heavy atom. The van der Waals surface area contributed by atoms with Crippen LogP contribution in [0.3, 0.4) is 0 Å². The molecule has 2 aromatic rings. The first-order valence-electron chi connectivity index (χ1n) is 5.38. The van der Waals surface area contributed by atoms with Gasteiger partial charge in [-0.15, -0.1) is 0 Å². The van der Waals surface area contributed by atoms with Gasteiger partial charge in [0.1, 0.15) is 12.8 Å². The Balaban J connectivity index is 2.40. The molecule has 0 saturated heterocycles. The van der Waals surface area contributed by atoms with Gasteiger partial charge in [-0.3, -0.25) is 14.3 Å². The van der Waals surface area contributed by atoms with Crippen LogP contribution in [0.15, 0.2) is 4.79 Å². The summed E-state index contributed by atoms with van der Waals surface area (Å²) < 4.78 is 6.88. The highest BCUT2D eigenvalue weighted by Gasteiger charge is 2.12. The number of nitrogens with one attached hydrogen (secondary N) is 2. The van der Waals surface area contributed by atoms with Gasteiger partial charge in [-0.2, -0.15) is 4.98 Å². The van der Waals surface area contributed by atoms with Crippen molar-refractivity contribution in [2.45, 2.75) is 12.8 Å². The van der Waals surface area contributed by atoms with E-state index in [9.17, 15) is 4.79 Å². The number of ether oxygens (including phenoxy) is 1. The van der Waals surface area contributed by atoms with Crippen molar-refractivity contribution in [1.29, 1.82) is 0 Å². The monoisotopic (exact) mass is 287 g/mol. The van der Waals surface area contributed by atoms with Crippen molar-refractivity contribution < 1.29 is 14.9 Å². The fourth-order valence-electron chi connectivity index (χ4n) is 1.52. The number of fused-ring (bicyclic) bond motifs is 1. The number of H-pyrrole nitrogens is 2. The van der Waals surface area contributed by atoms with Crippen molar-refractivity contribution in [1.82, 2.24) is 19.5 Å². The lowest BCUT2D eigenvalue weighted by atomic mass is 10.4. The number of imidazole rings is 1. The van der Waals surface area contributed by atoms with Crippen LogP contribution in [0.2, 0.25) is 0 Å². The Bertz CT molecular complexity index is 686. The summed E-state index contributed by atoms with van der Waals surface area (Å²) in [7, 11) is 0. The summed E-state index contributed by atoms with van der Waals surface area (Å²) in [5.74, 6) is -0.0406. The molecule has 6 N–H and O–H groups in total. The maximum absolute atomic E-state index is 11.6. The zero-order chi connectivity index (χ0) is 14.0.